The molecule has 13 heavy (non-hydrogen) atoms. The molecular formula is C11H21NS. The van der Waals surface area contributed by atoms with Crippen molar-refractivity contribution in [2.45, 2.75) is 32.7 Å². The zero-order valence-electron chi connectivity index (χ0n) is 8.74. The summed E-state index contributed by atoms with van der Waals surface area (Å²) in [6.07, 6.45) is 7.08. The lowest BCUT2D eigenvalue weighted by Crippen LogP contribution is -2.40. The zero-order chi connectivity index (χ0) is 9.68. The third kappa shape index (κ3) is 3.74. The van der Waals surface area contributed by atoms with Gasteiger partial charge in [0.1, 0.15) is 0 Å². The van der Waals surface area contributed by atoms with Gasteiger partial charge in [-0.25, -0.2) is 0 Å². The molecule has 0 aromatic carbocycles. The molecule has 0 radical (unpaired) electrons. The van der Waals surface area contributed by atoms with Gasteiger partial charge in [0.25, 0.3) is 0 Å². The molecule has 0 amide bonds. The Morgan fingerprint density at radius 2 is 2.15 bits per heavy atom. The van der Waals surface area contributed by atoms with Gasteiger partial charge in [-0.1, -0.05) is 19.1 Å². The summed E-state index contributed by atoms with van der Waals surface area (Å²) in [4.78, 5) is 2.56. The summed E-state index contributed by atoms with van der Waals surface area (Å²) in [5.74, 6) is 1.78. The number of hydrogen-bond donors (Lipinski definition) is 1. The molecule has 0 aromatic heterocycles. The largest absolute Gasteiger partial charge is 0.297 e. The first-order chi connectivity index (χ1) is 6.24. The molecule has 2 atom stereocenters. The summed E-state index contributed by atoms with van der Waals surface area (Å²) in [5.41, 5.74) is 0. The summed E-state index contributed by atoms with van der Waals surface area (Å²) in [6.45, 7) is 7.06. The van der Waals surface area contributed by atoms with Crippen LogP contribution in [0.3, 0.4) is 0 Å². The Labute approximate surface area is 87.6 Å². The number of nitrogens with zero attached hydrogens (tertiary/aromatic N) is 1. The smallest absolute Gasteiger partial charge is 0.0166 e. The van der Waals surface area contributed by atoms with Gasteiger partial charge < -0.3 is 0 Å². The van der Waals surface area contributed by atoms with Crippen LogP contribution in [0.25, 0.3) is 0 Å². The van der Waals surface area contributed by atoms with E-state index in [1.54, 1.807) is 0 Å². The van der Waals surface area contributed by atoms with E-state index in [-0.39, 0.29) is 0 Å². The molecular weight excluding hydrogens is 178 g/mol. The minimum atomic E-state index is 0.758. The highest BCUT2D eigenvalue weighted by atomic mass is 32.1. The van der Waals surface area contributed by atoms with Crippen molar-refractivity contribution in [3.8, 4) is 0 Å². The summed E-state index contributed by atoms with van der Waals surface area (Å²) >= 11 is 4.15. The molecule has 0 N–H and O–H groups in total. The third-order valence-electron chi connectivity index (χ3n) is 2.89. The molecule has 2 heteroatoms. The predicted molar refractivity (Wildman–Crippen MR) is 62.4 cm³/mol. The molecule has 0 aliphatic carbocycles. The Kier molecular flexibility index (Phi) is 4.89. The topological polar surface area (TPSA) is 3.24 Å². The average molecular weight is 199 g/mol. The number of thiol groups is 1. The zero-order valence-corrected chi connectivity index (χ0v) is 9.63. The van der Waals surface area contributed by atoms with Crippen LogP contribution in [0.15, 0.2) is 12.2 Å². The number of hydrogen-bond acceptors (Lipinski definition) is 2. The van der Waals surface area contributed by atoms with Crippen LogP contribution in [0.4, 0.5) is 0 Å². The van der Waals surface area contributed by atoms with Gasteiger partial charge in [-0.3, -0.25) is 4.90 Å². The molecule has 2 unspecified atom stereocenters. The average Bonchev–Trinajstić information content (AvgIpc) is 2.09. The van der Waals surface area contributed by atoms with Crippen molar-refractivity contribution in [1.82, 2.24) is 4.90 Å². The Bertz CT molecular complexity index is 167. The van der Waals surface area contributed by atoms with E-state index in [2.05, 4.69) is 43.5 Å². The van der Waals surface area contributed by atoms with Gasteiger partial charge in [-0.15, -0.1) is 0 Å². The lowest BCUT2D eigenvalue weighted by atomic mass is 9.93. The van der Waals surface area contributed by atoms with E-state index >= 15 is 0 Å². The fourth-order valence-electron chi connectivity index (χ4n) is 2.01. The van der Waals surface area contributed by atoms with Crippen molar-refractivity contribution in [2.75, 3.05) is 18.8 Å². The summed E-state index contributed by atoms with van der Waals surface area (Å²) in [6, 6.07) is 0.758. The fourth-order valence-corrected chi connectivity index (χ4v) is 2.16. The first kappa shape index (κ1) is 11.1. The van der Waals surface area contributed by atoms with E-state index in [0.717, 1.165) is 24.3 Å². The highest BCUT2D eigenvalue weighted by molar-refractivity contribution is 7.80. The summed E-state index contributed by atoms with van der Waals surface area (Å²) in [5, 5.41) is 0. The first-order valence-corrected chi connectivity index (χ1v) is 5.87. The predicted octanol–water partition coefficient (Wildman–Crippen LogP) is 2.59. The summed E-state index contributed by atoms with van der Waals surface area (Å²) in [7, 11) is 0. The molecule has 1 fully saturated rings. The second kappa shape index (κ2) is 5.71. The van der Waals surface area contributed by atoms with Gasteiger partial charge in [0.15, 0.2) is 0 Å². The van der Waals surface area contributed by atoms with Crippen molar-refractivity contribution in [1.29, 1.82) is 0 Å². The Balaban J connectivity index is 2.29. The third-order valence-corrected chi connectivity index (χ3v) is 3.10. The van der Waals surface area contributed by atoms with Crippen LogP contribution < -0.4 is 0 Å². The Morgan fingerprint density at radius 1 is 1.38 bits per heavy atom. The molecule has 0 spiro atoms. The maximum Gasteiger partial charge on any atom is 0.0166 e. The van der Waals surface area contributed by atoms with E-state index in [4.69, 9.17) is 0 Å². The lowest BCUT2D eigenvalue weighted by molar-refractivity contribution is 0.144. The quantitative estimate of drug-likeness (QED) is 0.540. The van der Waals surface area contributed by atoms with Gasteiger partial charge in [-0.05, 0) is 32.2 Å². The van der Waals surface area contributed by atoms with E-state index in [1.165, 1.54) is 19.4 Å². The number of piperidine rings is 1. The van der Waals surface area contributed by atoms with Crippen molar-refractivity contribution < 1.29 is 0 Å². The molecule has 1 saturated heterocycles. The second-order valence-electron chi connectivity index (χ2n) is 4.13. The molecule has 1 aliphatic heterocycles. The molecule has 0 saturated carbocycles. The Hall–Kier alpha value is 0.0500. The van der Waals surface area contributed by atoms with Gasteiger partial charge >= 0.3 is 0 Å². The van der Waals surface area contributed by atoms with Crippen LogP contribution in [0.5, 0.6) is 0 Å². The molecule has 1 heterocycles. The number of rotatable bonds is 3. The van der Waals surface area contributed by atoms with E-state index < -0.39 is 0 Å². The van der Waals surface area contributed by atoms with Crippen molar-refractivity contribution in [3.05, 3.63) is 12.2 Å². The minimum absolute atomic E-state index is 0.758. The first-order valence-electron chi connectivity index (χ1n) is 5.24. The molecule has 1 nitrogen and oxygen atoms in total. The Morgan fingerprint density at radius 3 is 2.77 bits per heavy atom. The van der Waals surface area contributed by atoms with E-state index in [9.17, 15) is 0 Å². The van der Waals surface area contributed by atoms with Crippen molar-refractivity contribution in [2.24, 2.45) is 5.92 Å². The van der Waals surface area contributed by atoms with E-state index in [1.807, 2.05) is 0 Å². The SMILES string of the molecule is CC1CCN(CC=CCS)C(C)C1. The standard InChI is InChI=1S/C11H21NS/c1-10-5-7-12(11(2)9-10)6-3-4-8-13/h3-4,10-11,13H,5-9H2,1-2H3. The van der Waals surface area contributed by atoms with Gasteiger partial charge in [-0.2, -0.15) is 12.6 Å². The maximum atomic E-state index is 4.15. The minimum Gasteiger partial charge on any atom is -0.297 e. The monoisotopic (exact) mass is 199 g/mol. The highest BCUT2D eigenvalue weighted by Crippen LogP contribution is 2.21. The van der Waals surface area contributed by atoms with E-state index in [0.29, 0.717) is 0 Å². The molecule has 1 aliphatic rings. The van der Waals surface area contributed by atoms with Crippen LogP contribution in [0, 0.1) is 5.92 Å². The van der Waals surface area contributed by atoms with Crippen LogP contribution in [0.2, 0.25) is 0 Å². The normalized spacial score (nSPS) is 31.3. The molecule has 0 bridgehead atoms. The lowest BCUT2D eigenvalue weighted by Gasteiger charge is -2.35. The van der Waals surface area contributed by atoms with Crippen molar-refractivity contribution >= 4 is 12.6 Å². The van der Waals surface area contributed by atoms with Crippen LogP contribution in [-0.4, -0.2) is 29.8 Å². The maximum absolute atomic E-state index is 4.15. The van der Waals surface area contributed by atoms with Gasteiger partial charge in [0.2, 0.25) is 0 Å². The second-order valence-corrected chi connectivity index (χ2v) is 4.49. The number of likely N-dealkylation sites (tertiary alicyclic amines) is 1. The van der Waals surface area contributed by atoms with Gasteiger partial charge in [0, 0.05) is 18.3 Å². The van der Waals surface area contributed by atoms with Gasteiger partial charge in [0.05, 0.1) is 0 Å². The van der Waals surface area contributed by atoms with Crippen LogP contribution in [-0.2, 0) is 0 Å². The highest BCUT2D eigenvalue weighted by Gasteiger charge is 2.21. The van der Waals surface area contributed by atoms with Crippen molar-refractivity contribution in [3.63, 3.8) is 0 Å². The van der Waals surface area contributed by atoms with Crippen LogP contribution in [0.1, 0.15) is 26.7 Å². The summed E-state index contributed by atoms with van der Waals surface area (Å²) < 4.78 is 0. The van der Waals surface area contributed by atoms with Crippen LogP contribution >= 0.6 is 12.6 Å². The fraction of sp³-hybridized carbons (Fsp3) is 0.818. The molecule has 1 rings (SSSR count). The molecule has 0 aromatic rings. The molecule has 76 valence electrons.